The number of sulfone groups is 1. The number of nitrogens with two attached hydrogens (primary N) is 1. The monoisotopic (exact) mass is 229 g/mol. The molecule has 0 spiro atoms. The van der Waals surface area contributed by atoms with Crippen LogP contribution in [-0.4, -0.2) is 27.0 Å². The van der Waals surface area contributed by atoms with Crippen LogP contribution in [0.1, 0.15) is 5.56 Å². The zero-order chi connectivity index (χ0) is 11.3. The van der Waals surface area contributed by atoms with Crippen LogP contribution >= 0.6 is 0 Å². The van der Waals surface area contributed by atoms with Crippen LogP contribution in [0.5, 0.6) is 5.75 Å². The molecule has 0 saturated carbocycles. The van der Waals surface area contributed by atoms with Gasteiger partial charge < -0.3 is 10.5 Å². The van der Waals surface area contributed by atoms with E-state index in [1.54, 1.807) is 6.07 Å². The topological polar surface area (TPSA) is 69.4 Å². The number of hydrogen-bond acceptors (Lipinski definition) is 4. The normalized spacial score (nSPS) is 11.3. The van der Waals surface area contributed by atoms with Gasteiger partial charge in [-0.05, 0) is 17.7 Å². The van der Waals surface area contributed by atoms with Crippen molar-refractivity contribution in [1.82, 2.24) is 0 Å². The highest BCUT2D eigenvalue weighted by atomic mass is 32.2. The standard InChI is InChI=1S/C10H15NO3S/c1-15(12,13)6-5-14-10-4-2-3-9(7-10)8-11/h2-4,7H,5-6,8,11H2,1H3. The van der Waals surface area contributed by atoms with Gasteiger partial charge in [0, 0.05) is 12.8 Å². The van der Waals surface area contributed by atoms with Gasteiger partial charge in [0.1, 0.15) is 12.4 Å². The minimum atomic E-state index is -2.96. The maximum absolute atomic E-state index is 10.8. The van der Waals surface area contributed by atoms with Crippen molar-refractivity contribution in [3.63, 3.8) is 0 Å². The van der Waals surface area contributed by atoms with E-state index in [-0.39, 0.29) is 12.4 Å². The van der Waals surface area contributed by atoms with Crippen LogP contribution in [0.3, 0.4) is 0 Å². The maximum Gasteiger partial charge on any atom is 0.150 e. The van der Waals surface area contributed by atoms with E-state index in [1.165, 1.54) is 6.26 Å². The number of hydrogen-bond donors (Lipinski definition) is 1. The summed E-state index contributed by atoms with van der Waals surface area (Å²) in [6.45, 7) is 0.621. The molecule has 0 saturated heterocycles. The van der Waals surface area contributed by atoms with Crippen LogP contribution < -0.4 is 10.5 Å². The van der Waals surface area contributed by atoms with Crippen molar-refractivity contribution in [2.24, 2.45) is 5.73 Å². The molecular formula is C10H15NO3S. The average Bonchev–Trinajstić information content (AvgIpc) is 2.16. The zero-order valence-electron chi connectivity index (χ0n) is 8.64. The second kappa shape index (κ2) is 5.14. The Labute approximate surface area is 90.0 Å². The molecule has 15 heavy (non-hydrogen) atoms. The van der Waals surface area contributed by atoms with Gasteiger partial charge in [-0.15, -0.1) is 0 Å². The largest absolute Gasteiger partial charge is 0.493 e. The molecule has 0 aromatic heterocycles. The quantitative estimate of drug-likeness (QED) is 0.801. The summed E-state index contributed by atoms with van der Waals surface area (Å²) in [4.78, 5) is 0. The van der Waals surface area contributed by atoms with Gasteiger partial charge in [0.05, 0.1) is 5.75 Å². The highest BCUT2D eigenvalue weighted by Gasteiger charge is 2.02. The molecule has 84 valence electrons. The first-order valence-electron chi connectivity index (χ1n) is 4.61. The number of benzene rings is 1. The van der Waals surface area contributed by atoms with Crippen LogP contribution in [0.15, 0.2) is 24.3 Å². The van der Waals surface area contributed by atoms with E-state index >= 15 is 0 Å². The van der Waals surface area contributed by atoms with Gasteiger partial charge in [0.2, 0.25) is 0 Å². The smallest absolute Gasteiger partial charge is 0.150 e. The molecule has 4 nitrogen and oxygen atoms in total. The molecule has 0 radical (unpaired) electrons. The second-order valence-corrected chi connectivity index (χ2v) is 5.59. The first-order chi connectivity index (χ1) is 7.01. The van der Waals surface area contributed by atoms with Crippen molar-refractivity contribution in [3.8, 4) is 5.75 Å². The molecule has 0 atom stereocenters. The summed E-state index contributed by atoms with van der Waals surface area (Å²) in [5.41, 5.74) is 6.43. The van der Waals surface area contributed by atoms with Gasteiger partial charge >= 0.3 is 0 Å². The Morgan fingerprint density at radius 1 is 1.40 bits per heavy atom. The molecule has 0 aliphatic carbocycles. The van der Waals surface area contributed by atoms with Crippen LogP contribution in [0, 0.1) is 0 Å². The molecule has 0 heterocycles. The predicted molar refractivity (Wildman–Crippen MR) is 59.5 cm³/mol. The molecule has 0 amide bonds. The summed E-state index contributed by atoms with van der Waals surface area (Å²) in [6, 6.07) is 7.31. The molecule has 0 unspecified atom stereocenters. The summed E-state index contributed by atoms with van der Waals surface area (Å²) in [6.07, 6.45) is 1.19. The zero-order valence-corrected chi connectivity index (χ0v) is 9.46. The van der Waals surface area contributed by atoms with Crippen molar-refractivity contribution >= 4 is 9.84 Å². The van der Waals surface area contributed by atoms with E-state index in [0.717, 1.165) is 5.56 Å². The van der Waals surface area contributed by atoms with Crippen LogP contribution in [-0.2, 0) is 16.4 Å². The van der Waals surface area contributed by atoms with Crippen molar-refractivity contribution in [1.29, 1.82) is 0 Å². The summed E-state index contributed by atoms with van der Waals surface area (Å²) < 4.78 is 27.0. The predicted octanol–water partition coefficient (Wildman–Crippen LogP) is 0.569. The highest BCUT2D eigenvalue weighted by Crippen LogP contribution is 2.12. The van der Waals surface area contributed by atoms with Crippen LogP contribution in [0.25, 0.3) is 0 Å². The van der Waals surface area contributed by atoms with Crippen LogP contribution in [0.2, 0.25) is 0 Å². The second-order valence-electron chi connectivity index (χ2n) is 3.33. The summed E-state index contributed by atoms with van der Waals surface area (Å²) in [7, 11) is -2.96. The van der Waals surface area contributed by atoms with Crippen molar-refractivity contribution in [3.05, 3.63) is 29.8 Å². The Hall–Kier alpha value is -1.07. The molecule has 2 N–H and O–H groups in total. The minimum Gasteiger partial charge on any atom is -0.493 e. The lowest BCUT2D eigenvalue weighted by Gasteiger charge is -2.06. The fourth-order valence-electron chi connectivity index (χ4n) is 1.07. The molecule has 0 fully saturated rings. The fourth-order valence-corrected chi connectivity index (χ4v) is 1.46. The average molecular weight is 229 g/mol. The van der Waals surface area contributed by atoms with Gasteiger partial charge in [-0.25, -0.2) is 8.42 Å². The molecule has 1 aromatic rings. The van der Waals surface area contributed by atoms with Gasteiger partial charge in [0.15, 0.2) is 9.84 Å². The van der Waals surface area contributed by atoms with Crippen LogP contribution in [0.4, 0.5) is 0 Å². The molecule has 1 aromatic carbocycles. The minimum absolute atomic E-state index is 0.0276. The lowest BCUT2D eigenvalue weighted by molar-refractivity contribution is 0.341. The Morgan fingerprint density at radius 3 is 2.73 bits per heavy atom. The first-order valence-corrected chi connectivity index (χ1v) is 6.67. The van der Waals surface area contributed by atoms with Gasteiger partial charge in [-0.3, -0.25) is 0 Å². The summed E-state index contributed by atoms with van der Waals surface area (Å²) in [5.74, 6) is 0.682. The Balaban J connectivity index is 2.51. The van der Waals surface area contributed by atoms with E-state index in [2.05, 4.69) is 0 Å². The number of ether oxygens (including phenoxy) is 1. The van der Waals surface area contributed by atoms with Crippen molar-refractivity contribution < 1.29 is 13.2 Å². The lowest BCUT2D eigenvalue weighted by atomic mass is 10.2. The number of rotatable bonds is 5. The first kappa shape index (κ1) is 12.0. The van der Waals surface area contributed by atoms with E-state index in [0.29, 0.717) is 12.3 Å². The third kappa shape index (κ3) is 4.80. The SMILES string of the molecule is CS(=O)(=O)CCOc1cccc(CN)c1. The molecule has 5 heteroatoms. The summed E-state index contributed by atoms with van der Waals surface area (Å²) in [5, 5.41) is 0. The van der Waals surface area contributed by atoms with Gasteiger partial charge in [-0.1, -0.05) is 12.1 Å². The molecule has 0 bridgehead atoms. The van der Waals surface area contributed by atoms with E-state index in [4.69, 9.17) is 10.5 Å². The fraction of sp³-hybridized carbons (Fsp3) is 0.400. The molecule has 1 rings (SSSR count). The van der Waals surface area contributed by atoms with E-state index in [1.807, 2.05) is 18.2 Å². The van der Waals surface area contributed by atoms with Gasteiger partial charge in [0.25, 0.3) is 0 Å². The Morgan fingerprint density at radius 2 is 2.13 bits per heavy atom. The van der Waals surface area contributed by atoms with Crippen molar-refractivity contribution in [2.45, 2.75) is 6.54 Å². The third-order valence-corrected chi connectivity index (χ3v) is 2.77. The highest BCUT2D eigenvalue weighted by molar-refractivity contribution is 7.90. The molecule has 0 aliphatic heterocycles. The Bertz CT molecular complexity index is 414. The summed E-state index contributed by atoms with van der Waals surface area (Å²) >= 11 is 0. The van der Waals surface area contributed by atoms with Gasteiger partial charge in [-0.2, -0.15) is 0 Å². The third-order valence-electron chi connectivity index (χ3n) is 1.86. The Kier molecular flexibility index (Phi) is 4.11. The molecular weight excluding hydrogens is 214 g/mol. The lowest BCUT2D eigenvalue weighted by Crippen LogP contribution is -2.12. The van der Waals surface area contributed by atoms with E-state index in [9.17, 15) is 8.42 Å². The maximum atomic E-state index is 10.8. The molecule has 0 aliphatic rings. The van der Waals surface area contributed by atoms with E-state index < -0.39 is 9.84 Å². The van der Waals surface area contributed by atoms with Crippen molar-refractivity contribution in [2.75, 3.05) is 18.6 Å².